The van der Waals surface area contributed by atoms with Gasteiger partial charge >= 0.3 is 0 Å². The van der Waals surface area contributed by atoms with E-state index in [1.165, 1.54) is 11.1 Å². The van der Waals surface area contributed by atoms with Crippen molar-refractivity contribution in [3.63, 3.8) is 0 Å². The number of nitrogens with one attached hydrogen (secondary N) is 2. The highest BCUT2D eigenvalue weighted by molar-refractivity contribution is 5.81. The number of carbonyl (C=O) groups excluding carboxylic acids is 1. The molecule has 2 rings (SSSR count). The van der Waals surface area contributed by atoms with Gasteiger partial charge in [0.2, 0.25) is 0 Å². The molecule has 5 nitrogen and oxygen atoms in total. The molecule has 0 saturated carbocycles. The topological polar surface area (TPSA) is 53.6 Å². The van der Waals surface area contributed by atoms with Gasteiger partial charge in [-0.05, 0) is 24.2 Å². The van der Waals surface area contributed by atoms with Gasteiger partial charge in [-0.15, -0.1) is 0 Å². The van der Waals surface area contributed by atoms with E-state index in [1.54, 1.807) is 0 Å². The van der Waals surface area contributed by atoms with Crippen molar-refractivity contribution in [1.82, 2.24) is 15.5 Å². The summed E-state index contributed by atoms with van der Waals surface area (Å²) in [6.07, 6.45) is -0.372. The van der Waals surface area contributed by atoms with Crippen molar-refractivity contribution in [2.75, 3.05) is 32.8 Å². The second-order valence-corrected chi connectivity index (χ2v) is 5.51. The van der Waals surface area contributed by atoms with Crippen molar-refractivity contribution in [3.8, 4) is 0 Å². The molecule has 122 valence electrons. The monoisotopic (exact) mass is 305 g/mol. The molecule has 1 aliphatic rings. The summed E-state index contributed by atoms with van der Waals surface area (Å²) in [6, 6.07) is 8.29. The highest BCUT2D eigenvalue weighted by Gasteiger charge is 2.21. The maximum atomic E-state index is 12.1. The van der Waals surface area contributed by atoms with Gasteiger partial charge in [-0.25, -0.2) is 0 Å². The smallest absolute Gasteiger partial charge is 0.250 e. The Morgan fingerprint density at radius 3 is 2.68 bits per heavy atom. The quantitative estimate of drug-likeness (QED) is 0.793. The molecule has 1 amide bonds. The van der Waals surface area contributed by atoms with E-state index in [9.17, 15) is 4.79 Å². The lowest BCUT2D eigenvalue weighted by Gasteiger charge is -2.23. The zero-order valence-corrected chi connectivity index (χ0v) is 13.6. The number of benzene rings is 1. The van der Waals surface area contributed by atoms with Gasteiger partial charge in [0.25, 0.3) is 5.91 Å². The molecule has 1 atom stereocenters. The van der Waals surface area contributed by atoms with Gasteiger partial charge < -0.3 is 15.4 Å². The highest BCUT2D eigenvalue weighted by Crippen LogP contribution is 2.12. The summed E-state index contributed by atoms with van der Waals surface area (Å²) >= 11 is 0. The number of carbonyl (C=O) groups is 1. The maximum Gasteiger partial charge on any atom is 0.250 e. The summed E-state index contributed by atoms with van der Waals surface area (Å²) in [4.78, 5) is 14.5. The van der Waals surface area contributed by atoms with E-state index in [-0.39, 0.29) is 12.0 Å². The Balaban J connectivity index is 1.93. The fourth-order valence-corrected chi connectivity index (χ4v) is 2.60. The lowest BCUT2D eigenvalue weighted by molar-refractivity contribution is -0.134. The summed E-state index contributed by atoms with van der Waals surface area (Å²) in [5.41, 5.74) is 2.45. The van der Waals surface area contributed by atoms with E-state index in [1.807, 2.05) is 6.07 Å². The normalized spacial score (nSPS) is 18.4. The summed E-state index contributed by atoms with van der Waals surface area (Å²) in [7, 11) is 0. The average molecular weight is 305 g/mol. The lowest BCUT2D eigenvalue weighted by atomic mass is 10.1. The minimum absolute atomic E-state index is 0.0372. The number of ether oxygens (including phenoxy) is 1. The molecule has 0 aliphatic carbocycles. The molecule has 0 aromatic heterocycles. The van der Waals surface area contributed by atoms with Crippen molar-refractivity contribution in [2.24, 2.45) is 0 Å². The van der Waals surface area contributed by atoms with Crippen LogP contribution in [-0.4, -0.2) is 49.7 Å². The number of hydrogen-bond donors (Lipinski definition) is 2. The van der Waals surface area contributed by atoms with Crippen LogP contribution in [0.25, 0.3) is 0 Å². The van der Waals surface area contributed by atoms with Crippen LogP contribution in [0.1, 0.15) is 25.0 Å². The number of rotatable bonds is 7. The van der Waals surface area contributed by atoms with Crippen LogP contribution in [0.2, 0.25) is 0 Å². The molecule has 0 bridgehead atoms. The molecule has 0 radical (unpaired) electrons. The molecule has 1 aromatic carbocycles. The van der Waals surface area contributed by atoms with Crippen molar-refractivity contribution >= 4 is 5.91 Å². The second-order valence-electron chi connectivity index (χ2n) is 5.51. The van der Waals surface area contributed by atoms with Crippen LogP contribution in [-0.2, 0) is 22.6 Å². The van der Waals surface area contributed by atoms with Gasteiger partial charge in [0.1, 0.15) is 6.10 Å². The first kappa shape index (κ1) is 16.9. The molecule has 0 spiro atoms. The first-order valence-corrected chi connectivity index (χ1v) is 8.13. The molecule has 2 N–H and O–H groups in total. The SMILES string of the molecule is CCN(CC)Cc1ccccc1CNC(=O)C1CNCCO1. The van der Waals surface area contributed by atoms with Crippen LogP contribution < -0.4 is 10.6 Å². The molecular formula is C17H27N3O2. The summed E-state index contributed by atoms with van der Waals surface area (Å²) < 4.78 is 5.47. The zero-order chi connectivity index (χ0) is 15.8. The summed E-state index contributed by atoms with van der Waals surface area (Å²) in [6.45, 7) is 9.86. The minimum atomic E-state index is -0.372. The third-order valence-electron chi connectivity index (χ3n) is 4.08. The third kappa shape index (κ3) is 4.80. The molecule has 1 saturated heterocycles. The Hall–Kier alpha value is -1.43. The minimum Gasteiger partial charge on any atom is -0.366 e. The van der Waals surface area contributed by atoms with Crippen LogP contribution in [0.4, 0.5) is 0 Å². The second kappa shape index (κ2) is 8.88. The van der Waals surface area contributed by atoms with Gasteiger partial charge in [0, 0.05) is 26.2 Å². The Kier molecular flexibility index (Phi) is 6.83. The first-order valence-electron chi connectivity index (χ1n) is 8.13. The Labute approximate surface area is 133 Å². The predicted molar refractivity (Wildman–Crippen MR) is 87.5 cm³/mol. The molecule has 1 heterocycles. The number of nitrogens with zero attached hydrogens (tertiary/aromatic N) is 1. The molecule has 1 aliphatic heterocycles. The summed E-state index contributed by atoms with van der Waals surface area (Å²) in [5.74, 6) is -0.0372. The molecule has 1 fully saturated rings. The van der Waals surface area contributed by atoms with E-state index in [2.05, 4.69) is 47.6 Å². The fraction of sp³-hybridized carbons (Fsp3) is 0.588. The maximum absolute atomic E-state index is 12.1. The Morgan fingerprint density at radius 2 is 2.05 bits per heavy atom. The molecule has 22 heavy (non-hydrogen) atoms. The van der Waals surface area contributed by atoms with Gasteiger partial charge in [-0.3, -0.25) is 9.69 Å². The average Bonchev–Trinajstić information content (AvgIpc) is 2.59. The van der Waals surface area contributed by atoms with Crippen molar-refractivity contribution in [3.05, 3.63) is 35.4 Å². The summed E-state index contributed by atoms with van der Waals surface area (Å²) in [5, 5.41) is 6.17. The Morgan fingerprint density at radius 1 is 1.32 bits per heavy atom. The van der Waals surface area contributed by atoms with Crippen LogP contribution in [0, 0.1) is 0 Å². The molecule has 1 unspecified atom stereocenters. The molecular weight excluding hydrogens is 278 g/mol. The largest absolute Gasteiger partial charge is 0.366 e. The van der Waals surface area contributed by atoms with Gasteiger partial charge in [-0.2, -0.15) is 0 Å². The van der Waals surface area contributed by atoms with Crippen LogP contribution in [0.3, 0.4) is 0 Å². The van der Waals surface area contributed by atoms with E-state index >= 15 is 0 Å². The molecule has 5 heteroatoms. The van der Waals surface area contributed by atoms with E-state index in [0.717, 1.165) is 26.2 Å². The van der Waals surface area contributed by atoms with Crippen molar-refractivity contribution in [2.45, 2.75) is 33.0 Å². The fourth-order valence-electron chi connectivity index (χ4n) is 2.60. The van der Waals surface area contributed by atoms with Crippen molar-refractivity contribution in [1.29, 1.82) is 0 Å². The highest BCUT2D eigenvalue weighted by atomic mass is 16.5. The van der Waals surface area contributed by atoms with E-state index < -0.39 is 0 Å². The zero-order valence-electron chi connectivity index (χ0n) is 13.6. The lowest BCUT2D eigenvalue weighted by Crippen LogP contribution is -2.47. The van der Waals surface area contributed by atoms with Gasteiger partial charge in [0.15, 0.2) is 0 Å². The van der Waals surface area contributed by atoms with E-state index in [4.69, 9.17) is 4.74 Å². The Bertz CT molecular complexity index is 469. The number of hydrogen-bond acceptors (Lipinski definition) is 4. The molecule has 1 aromatic rings. The number of morpholine rings is 1. The first-order chi connectivity index (χ1) is 10.7. The van der Waals surface area contributed by atoms with Gasteiger partial charge in [0.05, 0.1) is 6.61 Å². The van der Waals surface area contributed by atoms with Crippen LogP contribution in [0.5, 0.6) is 0 Å². The third-order valence-corrected chi connectivity index (χ3v) is 4.08. The van der Waals surface area contributed by atoms with Crippen LogP contribution >= 0.6 is 0 Å². The predicted octanol–water partition coefficient (Wildman–Crippen LogP) is 1.13. The standard InChI is InChI=1S/C17H27N3O2/c1-3-20(4-2)13-15-8-6-5-7-14(15)11-19-17(21)16-12-18-9-10-22-16/h5-8,16,18H,3-4,9-13H2,1-2H3,(H,19,21). The van der Waals surface area contributed by atoms with Crippen molar-refractivity contribution < 1.29 is 9.53 Å². The van der Waals surface area contributed by atoms with Crippen LogP contribution in [0.15, 0.2) is 24.3 Å². The number of amides is 1. The van der Waals surface area contributed by atoms with Gasteiger partial charge in [-0.1, -0.05) is 38.1 Å². The van der Waals surface area contributed by atoms with E-state index in [0.29, 0.717) is 19.7 Å².